The Morgan fingerprint density at radius 3 is 2.76 bits per heavy atom. The van der Waals surface area contributed by atoms with Crippen molar-refractivity contribution in [3.63, 3.8) is 0 Å². The molecule has 2 atom stereocenters. The van der Waals surface area contributed by atoms with Crippen molar-refractivity contribution >= 4 is 0 Å². The summed E-state index contributed by atoms with van der Waals surface area (Å²) in [6, 6.07) is 11.1. The molecular formula is C16H21NO4. The number of furan rings is 1. The van der Waals surface area contributed by atoms with Gasteiger partial charge in [-0.25, -0.2) is 0 Å². The molecule has 0 bridgehead atoms. The second-order valence-electron chi connectivity index (χ2n) is 4.79. The van der Waals surface area contributed by atoms with Gasteiger partial charge < -0.3 is 24.3 Å². The van der Waals surface area contributed by atoms with E-state index in [1.165, 1.54) is 0 Å². The van der Waals surface area contributed by atoms with Crippen molar-refractivity contribution in [2.24, 2.45) is 0 Å². The third-order valence-corrected chi connectivity index (χ3v) is 3.11. The monoisotopic (exact) mass is 291 g/mol. The van der Waals surface area contributed by atoms with Crippen molar-refractivity contribution in [3.05, 3.63) is 48.4 Å². The molecule has 2 rings (SSSR count). The van der Waals surface area contributed by atoms with Crippen molar-refractivity contribution < 1.29 is 19.0 Å². The normalized spacial score (nSPS) is 13.7. The van der Waals surface area contributed by atoms with Crippen molar-refractivity contribution in [3.8, 4) is 11.5 Å². The minimum Gasteiger partial charge on any atom is -0.497 e. The maximum Gasteiger partial charge on any atom is 0.123 e. The summed E-state index contributed by atoms with van der Waals surface area (Å²) in [6.07, 6.45) is 1.03. The summed E-state index contributed by atoms with van der Waals surface area (Å²) in [5, 5.41) is 13.1. The number of aliphatic hydroxyl groups is 1. The van der Waals surface area contributed by atoms with Crippen LogP contribution in [0.4, 0.5) is 0 Å². The van der Waals surface area contributed by atoms with E-state index >= 15 is 0 Å². The van der Waals surface area contributed by atoms with Crippen LogP contribution in [-0.2, 0) is 0 Å². The molecule has 0 saturated heterocycles. The zero-order valence-corrected chi connectivity index (χ0v) is 12.3. The van der Waals surface area contributed by atoms with Crippen LogP contribution < -0.4 is 14.8 Å². The van der Waals surface area contributed by atoms with Crippen molar-refractivity contribution in [1.82, 2.24) is 5.32 Å². The molecular weight excluding hydrogens is 270 g/mol. The molecule has 1 unspecified atom stereocenters. The van der Waals surface area contributed by atoms with Gasteiger partial charge in [-0.3, -0.25) is 0 Å². The standard InChI is InChI=1S/C16H21NO4/c1-12(16-7-4-8-20-16)17-10-13(18)11-21-15-6-3-5-14(9-15)19-2/h3-9,12-13,17-18H,10-11H2,1-2H3/t12-,13?/m1/s1. The third kappa shape index (κ3) is 4.81. The Kier molecular flexibility index (Phi) is 5.66. The van der Waals surface area contributed by atoms with Gasteiger partial charge in [0.05, 0.1) is 19.4 Å². The molecule has 2 N–H and O–H groups in total. The summed E-state index contributed by atoms with van der Waals surface area (Å²) in [5.74, 6) is 2.25. The van der Waals surface area contributed by atoms with E-state index in [1.807, 2.05) is 37.3 Å². The fourth-order valence-electron chi connectivity index (χ4n) is 1.89. The first kappa shape index (κ1) is 15.4. The van der Waals surface area contributed by atoms with Crippen molar-refractivity contribution in [1.29, 1.82) is 0 Å². The minimum absolute atomic E-state index is 0.0477. The Balaban J connectivity index is 1.73. The van der Waals surface area contributed by atoms with Crippen molar-refractivity contribution in [2.75, 3.05) is 20.3 Å². The number of hydrogen-bond donors (Lipinski definition) is 2. The van der Waals surface area contributed by atoms with E-state index in [2.05, 4.69) is 5.32 Å². The topological polar surface area (TPSA) is 63.9 Å². The third-order valence-electron chi connectivity index (χ3n) is 3.11. The van der Waals surface area contributed by atoms with Crippen LogP contribution in [0.1, 0.15) is 18.7 Å². The van der Waals surface area contributed by atoms with Gasteiger partial charge in [-0.2, -0.15) is 0 Å². The summed E-state index contributed by atoms with van der Waals surface area (Å²) in [5.41, 5.74) is 0. The van der Waals surface area contributed by atoms with Crippen LogP contribution in [0, 0.1) is 0 Å². The molecule has 0 aliphatic heterocycles. The molecule has 0 aliphatic carbocycles. The highest BCUT2D eigenvalue weighted by Crippen LogP contribution is 2.19. The number of methoxy groups -OCH3 is 1. The molecule has 0 saturated carbocycles. The van der Waals surface area contributed by atoms with Gasteiger partial charge in [-0.1, -0.05) is 6.07 Å². The Morgan fingerprint density at radius 2 is 2.05 bits per heavy atom. The van der Waals surface area contributed by atoms with Gasteiger partial charge in [-0.05, 0) is 31.2 Å². The molecule has 0 aliphatic rings. The van der Waals surface area contributed by atoms with Crippen LogP contribution in [0.15, 0.2) is 47.1 Å². The number of nitrogens with one attached hydrogen (secondary N) is 1. The van der Waals surface area contributed by atoms with Gasteiger partial charge in [0.25, 0.3) is 0 Å². The summed E-state index contributed by atoms with van der Waals surface area (Å²) >= 11 is 0. The molecule has 21 heavy (non-hydrogen) atoms. The van der Waals surface area contributed by atoms with Gasteiger partial charge >= 0.3 is 0 Å². The summed E-state index contributed by atoms with van der Waals surface area (Å²) in [6.45, 7) is 2.62. The van der Waals surface area contributed by atoms with Gasteiger partial charge in [0, 0.05) is 12.6 Å². The van der Waals surface area contributed by atoms with Crippen LogP contribution in [0.2, 0.25) is 0 Å². The Morgan fingerprint density at radius 1 is 1.24 bits per heavy atom. The summed E-state index contributed by atoms with van der Waals surface area (Å²) in [4.78, 5) is 0. The van der Waals surface area contributed by atoms with E-state index in [0.717, 1.165) is 11.5 Å². The lowest BCUT2D eigenvalue weighted by Gasteiger charge is -2.16. The van der Waals surface area contributed by atoms with Gasteiger partial charge in [0.2, 0.25) is 0 Å². The molecule has 0 radical (unpaired) electrons. The largest absolute Gasteiger partial charge is 0.497 e. The van der Waals surface area contributed by atoms with Crippen LogP contribution in [0.25, 0.3) is 0 Å². The Labute approximate surface area is 124 Å². The second-order valence-corrected chi connectivity index (χ2v) is 4.79. The number of aliphatic hydroxyl groups excluding tert-OH is 1. The highest BCUT2D eigenvalue weighted by atomic mass is 16.5. The zero-order chi connectivity index (χ0) is 15.1. The highest BCUT2D eigenvalue weighted by molar-refractivity contribution is 5.32. The fourth-order valence-corrected chi connectivity index (χ4v) is 1.89. The molecule has 2 aromatic rings. The van der Waals surface area contributed by atoms with E-state index in [9.17, 15) is 5.11 Å². The van der Waals surface area contributed by atoms with Gasteiger partial charge in [0.15, 0.2) is 0 Å². The lowest BCUT2D eigenvalue weighted by molar-refractivity contribution is 0.103. The van der Waals surface area contributed by atoms with Crippen LogP contribution in [0.5, 0.6) is 11.5 Å². The zero-order valence-electron chi connectivity index (χ0n) is 12.3. The Bertz CT molecular complexity index is 527. The van der Waals surface area contributed by atoms with Gasteiger partial charge in [-0.15, -0.1) is 0 Å². The van der Waals surface area contributed by atoms with Crippen LogP contribution >= 0.6 is 0 Å². The smallest absolute Gasteiger partial charge is 0.123 e. The Hall–Kier alpha value is -1.98. The average molecular weight is 291 g/mol. The molecule has 0 spiro atoms. The van der Waals surface area contributed by atoms with E-state index in [4.69, 9.17) is 13.9 Å². The first-order valence-corrected chi connectivity index (χ1v) is 6.90. The molecule has 0 amide bonds. The summed E-state index contributed by atoms with van der Waals surface area (Å²) in [7, 11) is 1.61. The lowest BCUT2D eigenvalue weighted by atomic mass is 10.2. The molecule has 0 fully saturated rings. The van der Waals surface area contributed by atoms with Crippen molar-refractivity contribution in [2.45, 2.75) is 19.1 Å². The lowest BCUT2D eigenvalue weighted by Crippen LogP contribution is -2.32. The quantitative estimate of drug-likeness (QED) is 0.782. The molecule has 114 valence electrons. The number of ether oxygens (including phenoxy) is 2. The number of hydrogen-bond acceptors (Lipinski definition) is 5. The van der Waals surface area contributed by atoms with Crippen LogP contribution in [0.3, 0.4) is 0 Å². The van der Waals surface area contributed by atoms with E-state index in [-0.39, 0.29) is 12.6 Å². The second kappa shape index (κ2) is 7.71. The maximum absolute atomic E-state index is 9.93. The molecule has 1 aromatic carbocycles. The van der Waals surface area contributed by atoms with Crippen LogP contribution in [-0.4, -0.2) is 31.5 Å². The van der Waals surface area contributed by atoms with Gasteiger partial charge in [0.1, 0.15) is 30.0 Å². The maximum atomic E-state index is 9.93. The molecule has 1 heterocycles. The molecule has 5 heteroatoms. The molecule has 1 aromatic heterocycles. The minimum atomic E-state index is -0.603. The molecule has 5 nitrogen and oxygen atoms in total. The van der Waals surface area contributed by atoms with E-state index in [0.29, 0.717) is 12.3 Å². The predicted molar refractivity (Wildman–Crippen MR) is 79.6 cm³/mol. The predicted octanol–water partition coefficient (Wildman–Crippen LogP) is 2.38. The first-order valence-electron chi connectivity index (χ1n) is 6.90. The van der Waals surface area contributed by atoms with E-state index in [1.54, 1.807) is 19.4 Å². The average Bonchev–Trinajstić information content (AvgIpc) is 3.05. The highest BCUT2D eigenvalue weighted by Gasteiger charge is 2.11. The number of benzene rings is 1. The van der Waals surface area contributed by atoms with E-state index < -0.39 is 6.10 Å². The first-order chi connectivity index (χ1) is 10.2. The SMILES string of the molecule is COc1cccc(OCC(O)CN[C@H](C)c2ccco2)c1. The fraction of sp³-hybridized carbons (Fsp3) is 0.375. The summed E-state index contributed by atoms with van der Waals surface area (Å²) < 4.78 is 15.9. The number of rotatable bonds is 8.